The monoisotopic (exact) mass is 251 g/mol. The summed E-state index contributed by atoms with van der Waals surface area (Å²) in [4.78, 5) is 12.1. The average molecular weight is 251 g/mol. The highest BCUT2D eigenvalue weighted by Gasteiger charge is 2.23. The molecule has 4 nitrogen and oxygen atoms in total. The lowest BCUT2D eigenvalue weighted by Crippen LogP contribution is -2.37. The first kappa shape index (κ1) is 14.6. The van der Waals surface area contributed by atoms with Crippen molar-refractivity contribution < 1.29 is 4.79 Å². The van der Waals surface area contributed by atoms with Crippen molar-refractivity contribution in [3.8, 4) is 0 Å². The molecule has 0 fully saturated rings. The highest BCUT2D eigenvalue weighted by atomic mass is 16.1. The van der Waals surface area contributed by atoms with Crippen LogP contribution in [0.15, 0.2) is 12.3 Å². The summed E-state index contributed by atoms with van der Waals surface area (Å²) in [5.41, 5.74) is 7.07. The van der Waals surface area contributed by atoms with E-state index in [1.807, 2.05) is 11.5 Å². The van der Waals surface area contributed by atoms with E-state index < -0.39 is 0 Å². The molecule has 0 atom stereocenters. The molecule has 0 aliphatic rings. The Bertz CT molecular complexity index is 419. The molecule has 0 spiro atoms. The minimum atomic E-state index is -0.0534. The van der Waals surface area contributed by atoms with Crippen molar-refractivity contribution in [2.24, 2.45) is 11.3 Å². The molecule has 3 N–H and O–H groups in total. The second kappa shape index (κ2) is 5.46. The fourth-order valence-electron chi connectivity index (χ4n) is 1.59. The maximum absolute atomic E-state index is 12.1. The van der Waals surface area contributed by atoms with Crippen LogP contribution in [0, 0.1) is 11.3 Å². The summed E-state index contributed by atoms with van der Waals surface area (Å²) < 4.78 is 1.87. The van der Waals surface area contributed by atoms with Gasteiger partial charge in [-0.1, -0.05) is 27.7 Å². The average Bonchev–Trinajstić information content (AvgIpc) is 2.67. The van der Waals surface area contributed by atoms with E-state index >= 15 is 0 Å². The highest BCUT2D eigenvalue weighted by Crippen LogP contribution is 2.24. The van der Waals surface area contributed by atoms with Gasteiger partial charge in [0.25, 0.3) is 5.91 Å². The maximum atomic E-state index is 12.1. The first-order chi connectivity index (χ1) is 8.27. The first-order valence-electron chi connectivity index (χ1n) is 6.51. The molecule has 1 rings (SSSR count). The van der Waals surface area contributed by atoms with Crippen LogP contribution >= 0.6 is 0 Å². The van der Waals surface area contributed by atoms with E-state index in [9.17, 15) is 4.79 Å². The molecule has 1 aromatic rings. The number of hydrogen-bond donors (Lipinski definition) is 2. The standard InChI is InChI=1S/C14H25N3O/c1-6-17-8-11(15)7-12(17)13(18)16-9-14(4,5)10(2)3/h7-8,10H,6,9,15H2,1-5H3,(H,16,18). The Morgan fingerprint density at radius 2 is 2.11 bits per heavy atom. The van der Waals surface area contributed by atoms with Crippen LogP contribution in [0.2, 0.25) is 0 Å². The first-order valence-corrected chi connectivity index (χ1v) is 6.51. The SMILES string of the molecule is CCn1cc(N)cc1C(=O)NCC(C)(C)C(C)C. The van der Waals surface area contributed by atoms with Gasteiger partial charge < -0.3 is 15.6 Å². The summed E-state index contributed by atoms with van der Waals surface area (Å²) >= 11 is 0. The molecular formula is C14H25N3O. The molecule has 1 heterocycles. The fourth-order valence-corrected chi connectivity index (χ4v) is 1.59. The Hall–Kier alpha value is -1.45. The lowest BCUT2D eigenvalue weighted by molar-refractivity contribution is 0.0915. The lowest BCUT2D eigenvalue weighted by atomic mass is 9.81. The Balaban J connectivity index is 2.71. The number of hydrogen-bond acceptors (Lipinski definition) is 2. The largest absolute Gasteiger partial charge is 0.397 e. The molecule has 0 bridgehead atoms. The summed E-state index contributed by atoms with van der Waals surface area (Å²) in [6.45, 7) is 12.0. The van der Waals surface area contributed by atoms with E-state index in [1.54, 1.807) is 12.3 Å². The number of aromatic nitrogens is 1. The smallest absolute Gasteiger partial charge is 0.268 e. The van der Waals surface area contributed by atoms with Gasteiger partial charge in [0.15, 0.2) is 0 Å². The van der Waals surface area contributed by atoms with Crippen molar-refractivity contribution in [3.63, 3.8) is 0 Å². The van der Waals surface area contributed by atoms with Crippen LogP contribution in [-0.4, -0.2) is 17.0 Å². The van der Waals surface area contributed by atoms with Gasteiger partial charge in [-0.25, -0.2) is 0 Å². The Morgan fingerprint density at radius 1 is 1.50 bits per heavy atom. The number of rotatable bonds is 5. The number of aryl methyl sites for hydroxylation is 1. The number of anilines is 1. The zero-order valence-electron chi connectivity index (χ0n) is 12.1. The quantitative estimate of drug-likeness (QED) is 0.844. The van der Waals surface area contributed by atoms with E-state index in [4.69, 9.17) is 5.73 Å². The zero-order chi connectivity index (χ0) is 13.9. The predicted molar refractivity (Wildman–Crippen MR) is 75.5 cm³/mol. The molecule has 0 radical (unpaired) electrons. The number of nitrogens with two attached hydrogens (primary N) is 1. The van der Waals surface area contributed by atoms with Crippen molar-refractivity contribution in [1.82, 2.24) is 9.88 Å². The van der Waals surface area contributed by atoms with Crippen molar-refractivity contribution >= 4 is 11.6 Å². The second-order valence-electron chi connectivity index (χ2n) is 5.77. The molecule has 18 heavy (non-hydrogen) atoms. The zero-order valence-corrected chi connectivity index (χ0v) is 12.1. The Morgan fingerprint density at radius 3 is 2.61 bits per heavy atom. The summed E-state index contributed by atoms with van der Waals surface area (Å²) in [6.07, 6.45) is 1.79. The molecule has 0 aromatic carbocycles. The van der Waals surface area contributed by atoms with E-state index in [-0.39, 0.29) is 11.3 Å². The van der Waals surface area contributed by atoms with Crippen molar-refractivity contribution in [1.29, 1.82) is 0 Å². The topological polar surface area (TPSA) is 60.0 Å². The number of amides is 1. The van der Waals surface area contributed by atoms with E-state index in [0.717, 1.165) is 6.54 Å². The maximum Gasteiger partial charge on any atom is 0.268 e. The fraction of sp³-hybridized carbons (Fsp3) is 0.643. The van der Waals surface area contributed by atoms with Crippen LogP contribution in [0.5, 0.6) is 0 Å². The minimum Gasteiger partial charge on any atom is -0.397 e. The molecule has 102 valence electrons. The molecule has 0 saturated carbocycles. The second-order valence-corrected chi connectivity index (χ2v) is 5.77. The predicted octanol–water partition coefficient (Wildman–Crippen LogP) is 2.50. The summed E-state index contributed by atoms with van der Waals surface area (Å²) in [6, 6.07) is 1.72. The Kier molecular flexibility index (Phi) is 4.43. The number of nitrogens with one attached hydrogen (secondary N) is 1. The summed E-state index contributed by atoms with van der Waals surface area (Å²) in [5.74, 6) is 0.461. The normalized spacial score (nSPS) is 11.9. The van der Waals surface area contributed by atoms with Crippen LogP contribution in [0.3, 0.4) is 0 Å². The van der Waals surface area contributed by atoms with Crippen LogP contribution in [-0.2, 0) is 6.54 Å². The highest BCUT2D eigenvalue weighted by molar-refractivity contribution is 5.93. The van der Waals surface area contributed by atoms with Gasteiger partial charge in [0, 0.05) is 19.3 Å². The molecule has 4 heteroatoms. The van der Waals surface area contributed by atoms with Gasteiger partial charge in [0.05, 0.1) is 5.69 Å². The van der Waals surface area contributed by atoms with Gasteiger partial charge in [-0.2, -0.15) is 0 Å². The third kappa shape index (κ3) is 3.28. The van der Waals surface area contributed by atoms with Crippen LogP contribution in [0.4, 0.5) is 5.69 Å². The number of carbonyl (C=O) groups excluding carboxylic acids is 1. The molecule has 1 aromatic heterocycles. The number of nitrogen functional groups attached to an aromatic ring is 1. The van der Waals surface area contributed by atoms with Crippen molar-refractivity contribution in [2.75, 3.05) is 12.3 Å². The minimum absolute atomic E-state index is 0.0534. The third-order valence-electron chi connectivity index (χ3n) is 3.76. The number of carbonyl (C=O) groups is 1. The lowest BCUT2D eigenvalue weighted by Gasteiger charge is -2.29. The van der Waals surface area contributed by atoms with Gasteiger partial charge in [0.2, 0.25) is 0 Å². The van der Waals surface area contributed by atoms with Crippen LogP contribution < -0.4 is 11.1 Å². The molecule has 0 aliphatic carbocycles. The van der Waals surface area contributed by atoms with Gasteiger partial charge in [-0.3, -0.25) is 4.79 Å². The van der Waals surface area contributed by atoms with E-state index in [2.05, 4.69) is 33.0 Å². The van der Waals surface area contributed by atoms with Crippen LogP contribution in [0.25, 0.3) is 0 Å². The van der Waals surface area contributed by atoms with Gasteiger partial charge in [-0.15, -0.1) is 0 Å². The molecule has 0 saturated heterocycles. The van der Waals surface area contributed by atoms with Gasteiger partial charge in [-0.05, 0) is 24.3 Å². The Labute approximate surface area is 110 Å². The summed E-state index contributed by atoms with van der Waals surface area (Å²) in [5, 5.41) is 2.99. The number of nitrogens with zero attached hydrogens (tertiary/aromatic N) is 1. The van der Waals surface area contributed by atoms with E-state index in [0.29, 0.717) is 23.8 Å². The molecule has 0 aliphatic heterocycles. The van der Waals surface area contributed by atoms with E-state index in [1.165, 1.54) is 0 Å². The van der Waals surface area contributed by atoms with Crippen molar-refractivity contribution in [2.45, 2.75) is 41.2 Å². The van der Waals surface area contributed by atoms with Gasteiger partial charge >= 0.3 is 0 Å². The van der Waals surface area contributed by atoms with Crippen LogP contribution in [0.1, 0.15) is 45.1 Å². The summed E-state index contributed by atoms with van der Waals surface area (Å²) in [7, 11) is 0. The van der Waals surface area contributed by atoms with Crippen molar-refractivity contribution in [3.05, 3.63) is 18.0 Å². The third-order valence-corrected chi connectivity index (χ3v) is 3.76. The molecular weight excluding hydrogens is 226 g/mol. The molecule has 1 amide bonds. The van der Waals surface area contributed by atoms with Gasteiger partial charge in [0.1, 0.15) is 5.69 Å². The molecule has 0 unspecified atom stereocenters.